The molecule has 96 valence electrons. The molecule has 0 atom stereocenters. The second-order valence-electron chi connectivity index (χ2n) is 3.69. The summed E-state index contributed by atoms with van der Waals surface area (Å²) >= 11 is 5.72. The van der Waals surface area contributed by atoms with Crippen molar-refractivity contribution in [3.8, 4) is 0 Å². The van der Waals surface area contributed by atoms with Crippen LogP contribution in [0.1, 0.15) is 20.7 Å². The van der Waals surface area contributed by atoms with Crippen LogP contribution in [0, 0.1) is 0 Å². The van der Waals surface area contributed by atoms with Crippen LogP contribution in [0.3, 0.4) is 0 Å². The summed E-state index contributed by atoms with van der Waals surface area (Å²) in [7, 11) is 0. The molecule has 0 aliphatic rings. The van der Waals surface area contributed by atoms with Gasteiger partial charge in [0.1, 0.15) is 0 Å². The van der Waals surface area contributed by atoms with Crippen LogP contribution in [0.25, 0.3) is 0 Å². The van der Waals surface area contributed by atoms with E-state index in [0.29, 0.717) is 10.6 Å². The van der Waals surface area contributed by atoms with Crippen LogP contribution in [0.15, 0.2) is 42.7 Å². The summed E-state index contributed by atoms with van der Waals surface area (Å²) in [6.45, 7) is 0. The van der Waals surface area contributed by atoms with E-state index in [1.54, 1.807) is 24.3 Å². The number of carbonyl (C=O) groups is 2. The Balaban J connectivity index is 2.24. The van der Waals surface area contributed by atoms with Crippen molar-refractivity contribution < 1.29 is 14.7 Å². The Morgan fingerprint density at radius 3 is 2.47 bits per heavy atom. The van der Waals surface area contributed by atoms with Gasteiger partial charge in [0.25, 0.3) is 5.91 Å². The predicted molar refractivity (Wildman–Crippen MR) is 70.6 cm³/mol. The zero-order chi connectivity index (χ0) is 13.8. The topological polar surface area (TPSA) is 79.3 Å². The average molecular weight is 277 g/mol. The van der Waals surface area contributed by atoms with Crippen molar-refractivity contribution in [1.82, 2.24) is 4.98 Å². The largest absolute Gasteiger partial charge is 0.478 e. The van der Waals surface area contributed by atoms with Crippen molar-refractivity contribution in [3.05, 3.63) is 58.9 Å². The van der Waals surface area contributed by atoms with E-state index in [1.807, 2.05) is 0 Å². The Bertz CT molecular complexity index is 626. The first kappa shape index (κ1) is 13.0. The van der Waals surface area contributed by atoms with Crippen molar-refractivity contribution in [2.45, 2.75) is 0 Å². The van der Waals surface area contributed by atoms with E-state index in [0.717, 1.165) is 0 Å². The second kappa shape index (κ2) is 5.49. The number of carboxylic acid groups (broad SMARTS) is 1. The summed E-state index contributed by atoms with van der Waals surface area (Å²) in [5.41, 5.74) is 0.511. The monoisotopic (exact) mass is 276 g/mol. The number of aromatic carboxylic acids is 1. The molecule has 1 aromatic carbocycles. The van der Waals surface area contributed by atoms with Crippen LogP contribution in [-0.4, -0.2) is 22.0 Å². The fourth-order valence-corrected chi connectivity index (χ4v) is 1.60. The van der Waals surface area contributed by atoms with Crippen LogP contribution in [0.5, 0.6) is 0 Å². The van der Waals surface area contributed by atoms with E-state index >= 15 is 0 Å². The summed E-state index contributed by atoms with van der Waals surface area (Å²) in [4.78, 5) is 26.7. The number of benzene rings is 1. The van der Waals surface area contributed by atoms with E-state index in [-0.39, 0.29) is 11.3 Å². The molecule has 6 heteroatoms. The molecule has 2 rings (SSSR count). The summed E-state index contributed by atoms with van der Waals surface area (Å²) < 4.78 is 0. The lowest BCUT2D eigenvalue weighted by Gasteiger charge is -2.07. The number of nitrogens with one attached hydrogen (secondary N) is 1. The molecule has 0 bridgehead atoms. The Kier molecular flexibility index (Phi) is 3.77. The highest BCUT2D eigenvalue weighted by Gasteiger charge is 2.13. The highest BCUT2D eigenvalue weighted by atomic mass is 35.5. The number of aromatic nitrogens is 1. The molecular weight excluding hydrogens is 268 g/mol. The van der Waals surface area contributed by atoms with Gasteiger partial charge >= 0.3 is 5.97 Å². The van der Waals surface area contributed by atoms with Gasteiger partial charge in [-0.05, 0) is 30.3 Å². The molecule has 0 aliphatic carbocycles. The zero-order valence-electron chi connectivity index (χ0n) is 9.63. The molecular formula is C13H9ClN2O3. The molecule has 0 saturated heterocycles. The van der Waals surface area contributed by atoms with Gasteiger partial charge in [-0.3, -0.25) is 9.78 Å². The molecule has 1 aromatic heterocycles. The Hall–Kier alpha value is -2.40. The molecule has 0 fully saturated rings. The van der Waals surface area contributed by atoms with Crippen LogP contribution >= 0.6 is 11.6 Å². The third-order valence-electron chi connectivity index (χ3n) is 2.41. The number of hydrogen-bond donors (Lipinski definition) is 2. The number of amides is 1. The molecule has 0 spiro atoms. The maximum atomic E-state index is 11.9. The average Bonchev–Trinajstić information content (AvgIpc) is 2.39. The summed E-state index contributed by atoms with van der Waals surface area (Å²) in [5, 5.41) is 12.0. The van der Waals surface area contributed by atoms with E-state index in [4.69, 9.17) is 16.7 Å². The minimum atomic E-state index is -1.13. The van der Waals surface area contributed by atoms with Gasteiger partial charge in [0, 0.05) is 16.8 Å². The summed E-state index contributed by atoms with van der Waals surface area (Å²) in [5.74, 6) is -1.55. The van der Waals surface area contributed by atoms with E-state index in [1.165, 1.54) is 18.5 Å². The first-order chi connectivity index (χ1) is 9.08. The lowest BCUT2D eigenvalue weighted by atomic mass is 10.2. The SMILES string of the molecule is O=C(Nc1cnccc1C(=O)O)c1ccc(Cl)cc1. The minimum absolute atomic E-state index is 0.0164. The van der Waals surface area contributed by atoms with E-state index in [9.17, 15) is 9.59 Å². The smallest absolute Gasteiger partial charge is 0.337 e. The summed E-state index contributed by atoms with van der Waals surface area (Å²) in [6, 6.07) is 7.58. The van der Waals surface area contributed by atoms with Gasteiger partial charge in [-0.15, -0.1) is 0 Å². The third-order valence-corrected chi connectivity index (χ3v) is 2.66. The number of carbonyl (C=O) groups excluding carboxylic acids is 1. The van der Waals surface area contributed by atoms with Crippen molar-refractivity contribution in [2.24, 2.45) is 0 Å². The Morgan fingerprint density at radius 2 is 1.84 bits per heavy atom. The highest BCUT2D eigenvalue weighted by Crippen LogP contribution is 2.16. The van der Waals surface area contributed by atoms with Crippen molar-refractivity contribution in [3.63, 3.8) is 0 Å². The first-order valence-electron chi connectivity index (χ1n) is 5.32. The Labute approximate surface area is 113 Å². The lowest BCUT2D eigenvalue weighted by Crippen LogP contribution is -2.14. The second-order valence-corrected chi connectivity index (χ2v) is 4.12. The van der Waals surface area contributed by atoms with E-state index < -0.39 is 11.9 Å². The van der Waals surface area contributed by atoms with Gasteiger partial charge in [0.15, 0.2) is 0 Å². The fourth-order valence-electron chi connectivity index (χ4n) is 1.48. The third kappa shape index (κ3) is 3.08. The van der Waals surface area contributed by atoms with Gasteiger partial charge in [0.05, 0.1) is 17.4 Å². The fraction of sp³-hybridized carbons (Fsp3) is 0. The van der Waals surface area contributed by atoms with Crippen molar-refractivity contribution in [1.29, 1.82) is 0 Å². The van der Waals surface area contributed by atoms with Crippen LogP contribution in [0.4, 0.5) is 5.69 Å². The van der Waals surface area contributed by atoms with Crippen molar-refractivity contribution in [2.75, 3.05) is 5.32 Å². The number of rotatable bonds is 3. The quantitative estimate of drug-likeness (QED) is 0.903. The van der Waals surface area contributed by atoms with E-state index in [2.05, 4.69) is 10.3 Å². The molecule has 0 radical (unpaired) electrons. The molecule has 2 aromatic rings. The molecule has 19 heavy (non-hydrogen) atoms. The van der Waals surface area contributed by atoms with Crippen LogP contribution < -0.4 is 5.32 Å². The predicted octanol–water partition coefficient (Wildman–Crippen LogP) is 2.69. The molecule has 0 aliphatic heterocycles. The number of halogens is 1. The van der Waals surface area contributed by atoms with Gasteiger partial charge in [-0.1, -0.05) is 11.6 Å². The van der Waals surface area contributed by atoms with Crippen LogP contribution in [-0.2, 0) is 0 Å². The minimum Gasteiger partial charge on any atom is -0.478 e. The molecule has 2 N–H and O–H groups in total. The number of anilines is 1. The van der Waals surface area contributed by atoms with Crippen molar-refractivity contribution >= 4 is 29.2 Å². The maximum Gasteiger partial charge on any atom is 0.337 e. The highest BCUT2D eigenvalue weighted by molar-refractivity contribution is 6.30. The normalized spacial score (nSPS) is 9.95. The Morgan fingerprint density at radius 1 is 1.16 bits per heavy atom. The van der Waals surface area contributed by atoms with Gasteiger partial charge in [-0.25, -0.2) is 4.79 Å². The maximum absolute atomic E-state index is 11.9. The summed E-state index contributed by atoms with van der Waals surface area (Å²) in [6.07, 6.45) is 2.64. The van der Waals surface area contributed by atoms with Gasteiger partial charge < -0.3 is 10.4 Å². The standard InChI is InChI=1S/C13H9ClN2O3/c14-9-3-1-8(2-4-9)12(17)16-11-7-15-6-5-10(11)13(18)19/h1-7H,(H,16,17)(H,18,19). The molecule has 1 heterocycles. The number of carboxylic acids is 1. The molecule has 0 saturated carbocycles. The number of pyridine rings is 1. The van der Waals surface area contributed by atoms with Gasteiger partial charge in [0.2, 0.25) is 0 Å². The number of nitrogens with zero attached hydrogens (tertiary/aromatic N) is 1. The molecule has 0 unspecified atom stereocenters. The lowest BCUT2D eigenvalue weighted by molar-refractivity contribution is 0.0698. The molecule has 5 nitrogen and oxygen atoms in total. The number of hydrogen-bond acceptors (Lipinski definition) is 3. The molecule has 1 amide bonds. The first-order valence-corrected chi connectivity index (χ1v) is 5.70. The van der Waals surface area contributed by atoms with Gasteiger partial charge in [-0.2, -0.15) is 0 Å². The van der Waals surface area contributed by atoms with Crippen LogP contribution in [0.2, 0.25) is 5.02 Å². The zero-order valence-corrected chi connectivity index (χ0v) is 10.4.